The lowest BCUT2D eigenvalue weighted by Gasteiger charge is -2.17. The van der Waals surface area contributed by atoms with Crippen LogP contribution in [0, 0.1) is 13.8 Å². The molecule has 0 aliphatic carbocycles. The zero-order valence-corrected chi connectivity index (χ0v) is 13.3. The van der Waals surface area contributed by atoms with Crippen LogP contribution in [0.25, 0.3) is 0 Å². The van der Waals surface area contributed by atoms with Crippen LogP contribution < -0.4 is 10.2 Å². The van der Waals surface area contributed by atoms with E-state index in [1.807, 2.05) is 27.1 Å². The van der Waals surface area contributed by atoms with Crippen LogP contribution in [0.1, 0.15) is 28.5 Å². The minimum absolute atomic E-state index is 0.0405. The Morgan fingerprint density at radius 2 is 2.00 bits per heavy atom. The van der Waals surface area contributed by atoms with Crippen molar-refractivity contribution in [2.24, 2.45) is 0 Å². The van der Waals surface area contributed by atoms with Crippen molar-refractivity contribution in [3.8, 4) is 0 Å². The molecule has 1 aromatic heterocycles. The summed E-state index contributed by atoms with van der Waals surface area (Å²) in [6.45, 7) is 5.51. The van der Waals surface area contributed by atoms with Crippen LogP contribution in [0.2, 0.25) is 0 Å². The van der Waals surface area contributed by atoms with E-state index in [1.165, 1.54) is 17.1 Å². The highest BCUT2D eigenvalue weighted by atomic mass is 32.1. The highest BCUT2D eigenvalue weighted by molar-refractivity contribution is 7.10. The van der Waals surface area contributed by atoms with Gasteiger partial charge >= 0.3 is 0 Å². The molecule has 0 atom stereocenters. The van der Waals surface area contributed by atoms with Crippen molar-refractivity contribution in [1.29, 1.82) is 0 Å². The largest absolute Gasteiger partial charge is 0.377 e. The number of ketones is 1. The number of hydrogen-bond donors (Lipinski definition) is 1. The van der Waals surface area contributed by atoms with Crippen LogP contribution in [0.15, 0.2) is 18.2 Å². The second-order valence-corrected chi connectivity index (χ2v) is 5.82. The first kappa shape index (κ1) is 14.5. The van der Waals surface area contributed by atoms with Gasteiger partial charge in [0.05, 0.1) is 11.3 Å². The monoisotopic (exact) mass is 289 g/mol. The summed E-state index contributed by atoms with van der Waals surface area (Å²) in [6.07, 6.45) is 0. The number of Topliss-reactive ketones (excluding diaryl/α,β-unsaturated/α-hetero) is 1. The average molecular weight is 289 g/mol. The third kappa shape index (κ3) is 2.82. The normalized spacial score (nSPS) is 10.4. The van der Waals surface area contributed by atoms with Gasteiger partial charge in [0.2, 0.25) is 0 Å². The summed E-state index contributed by atoms with van der Waals surface area (Å²) in [5.41, 5.74) is 4.80. The Morgan fingerprint density at radius 3 is 2.60 bits per heavy atom. The van der Waals surface area contributed by atoms with Gasteiger partial charge in [0, 0.05) is 25.5 Å². The summed E-state index contributed by atoms with van der Waals surface area (Å²) in [5, 5.41) is 4.11. The predicted octanol–water partition coefficient (Wildman–Crippen LogP) is 3.77. The first-order valence-electron chi connectivity index (χ1n) is 6.42. The number of hydrogen-bond acceptors (Lipinski definition) is 5. The van der Waals surface area contributed by atoms with Crippen molar-refractivity contribution in [3.63, 3.8) is 0 Å². The van der Waals surface area contributed by atoms with Crippen molar-refractivity contribution >= 4 is 33.7 Å². The fourth-order valence-corrected chi connectivity index (χ4v) is 3.04. The molecule has 0 radical (unpaired) electrons. The highest BCUT2D eigenvalue weighted by Crippen LogP contribution is 2.30. The Hall–Kier alpha value is -1.88. The summed E-state index contributed by atoms with van der Waals surface area (Å²) < 4.78 is 4.26. The Labute approximate surface area is 123 Å². The number of carbonyl (C=O) groups excluding carboxylic acids is 1. The number of nitrogens with zero attached hydrogens (tertiary/aromatic N) is 2. The van der Waals surface area contributed by atoms with Gasteiger partial charge in [-0.05, 0) is 50.0 Å². The third-order valence-electron chi connectivity index (χ3n) is 3.16. The minimum atomic E-state index is 0.0405. The van der Waals surface area contributed by atoms with Crippen molar-refractivity contribution < 1.29 is 4.79 Å². The molecule has 2 aromatic rings. The van der Waals surface area contributed by atoms with Crippen LogP contribution in [-0.4, -0.2) is 24.3 Å². The molecule has 5 heteroatoms. The number of anilines is 3. The van der Waals surface area contributed by atoms with E-state index < -0.39 is 0 Å². The lowest BCUT2D eigenvalue weighted by atomic mass is 10.1. The number of carbonyl (C=O) groups is 1. The fraction of sp³-hybridized carbons (Fsp3) is 0.333. The maximum atomic E-state index is 11.7. The molecular weight excluding hydrogens is 270 g/mol. The van der Waals surface area contributed by atoms with Crippen molar-refractivity contribution in [2.45, 2.75) is 20.8 Å². The smallest absolute Gasteiger partial charge is 0.164 e. The van der Waals surface area contributed by atoms with Crippen LogP contribution in [0.3, 0.4) is 0 Å². The van der Waals surface area contributed by atoms with E-state index in [2.05, 4.69) is 33.6 Å². The molecule has 1 aromatic carbocycles. The first-order valence-corrected chi connectivity index (χ1v) is 7.19. The molecule has 106 valence electrons. The lowest BCUT2D eigenvalue weighted by molar-refractivity contribution is 0.101. The Balaban J connectivity index is 2.36. The summed E-state index contributed by atoms with van der Waals surface area (Å²) in [4.78, 5) is 13.8. The van der Waals surface area contributed by atoms with E-state index in [0.29, 0.717) is 5.56 Å². The van der Waals surface area contributed by atoms with Gasteiger partial charge in [0.15, 0.2) is 5.78 Å². The zero-order valence-electron chi connectivity index (χ0n) is 12.4. The molecular formula is C15H19N3OS. The quantitative estimate of drug-likeness (QED) is 0.870. The summed E-state index contributed by atoms with van der Waals surface area (Å²) in [6, 6.07) is 6.16. The van der Waals surface area contributed by atoms with Crippen molar-refractivity contribution in [2.75, 3.05) is 24.3 Å². The molecule has 20 heavy (non-hydrogen) atoms. The summed E-state index contributed by atoms with van der Waals surface area (Å²) >= 11 is 1.32. The number of aryl methyl sites for hydroxylation is 2. The maximum Gasteiger partial charge on any atom is 0.164 e. The molecule has 0 saturated carbocycles. The van der Waals surface area contributed by atoms with Gasteiger partial charge in [-0.3, -0.25) is 4.79 Å². The van der Waals surface area contributed by atoms with E-state index in [4.69, 9.17) is 0 Å². The summed E-state index contributed by atoms with van der Waals surface area (Å²) in [7, 11) is 4.04. The summed E-state index contributed by atoms with van der Waals surface area (Å²) in [5.74, 6) is 0.0405. The molecule has 0 aliphatic rings. The molecule has 4 nitrogen and oxygen atoms in total. The molecule has 0 fully saturated rings. The molecule has 0 unspecified atom stereocenters. The Bertz CT molecular complexity index is 647. The minimum Gasteiger partial charge on any atom is -0.377 e. The maximum absolute atomic E-state index is 11.7. The fourth-order valence-electron chi connectivity index (χ4n) is 2.17. The van der Waals surface area contributed by atoms with Crippen LogP contribution in [-0.2, 0) is 0 Å². The van der Waals surface area contributed by atoms with Crippen molar-refractivity contribution in [3.05, 3.63) is 35.0 Å². The zero-order chi connectivity index (χ0) is 14.9. The van der Waals surface area contributed by atoms with Crippen LogP contribution in [0.4, 0.5) is 16.4 Å². The van der Waals surface area contributed by atoms with E-state index in [9.17, 15) is 4.79 Å². The second-order valence-electron chi connectivity index (χ2n) is 5.05. The predicted molar refractivity (Wildman–Crippen MR) is 85.6 cm³/mol. The first-order chi connectivity index (χ1) is 9.40. The van der Waals surface area contributed by atoms with Gasteiger partial charge < -0.3 is 10.2 Å². The second kappa shape index (κ2) is 5.63. The highest BCUT2D eigenvalue weighted by Gasteiger charge is 2.15. The van der Waals surface area contributed by atoms with Gasteiger partial charge in [0.1, 0.15) is 5.00 Å². The third-order valence-corrected chi connectivity index (χ3v) is 4.02. The van der Waals surface area contributed by atoms with E-state index in [1.54, 1.807) is 6.92 Å². The van der Waals surface area contributed by atoms with Gasteiger partial charge in [-0.1, -0.05) is 6.07 Å². The van der Waals surface area contributed by atoms with Gasteiger partial charge in [-0.2, -0.15) is 4.37 Å². The molecule has 0 aliphatic heterocycles. The molecule has 0 bridgehead atoms. The lowest BCUT2D eigenvalue weighted by Crippen LogP contribution is -2.10. The number of aromatic nitrogens is 1. The number of nitrogens with one attached hydrogen (secondary N) is 1. The van der Waals surface area contributed by atoms with E-state index >= 15 is 0 Å². The number of benzene rings is 1. The Kier molecular flexibility index (Phi) is 4.09. The van der Waals surface area contributed by atoms with Crippen molar-refractivity contribution in [1.82, 2.24) is 4.37 Å². The molecule has 0 amide bonds. The molecule has 1 heterocycles. The number of rotatable bonds is 4. The molecule has 2 rings (SSSR count). The standard InChI is InChI=1S/C15H19N3OS/c1-9-6-7-12(8-13(9)18(4)5)16-15-14(11(3)19)10(2)17-20-15/h6-8,16H,1-5H3. The molecule has 0 spiro atoms. The average Bonchev–Trinajstić information content (AvgIpc) is 2.72. The van der Waals surface area contributed by atoms with Gasteiger partial charge in [0.25, 0.3) is 0 Å². The van der Waals surface area contributed by atoms with Gasteiger partial charge in [-0.25, -0.2) is 0 Å². The molecule has 1 N–H and O–H groups in total. The van der Waals surface area contributed by atoms with Gasteiger partial charge in [-0.15, -0.1) is 0 Å². The molecule has 0 saturated heterocycles. The van der Waals surface area contributed by atoms with E-state index in [0.717, 1.165) is 22.1 Å². The van der Waals surface area contributed by atoms with Crippen LogP contribution >= 0.6 is 11.5 Å². The van der Waals surface area contributed by atoms with E-state index in [-0.39, 0.29) is 5.78 Å². The Morgan fingerprint density at radius 1 is 1.30 bits per heavy atom. The SMILES string of the molecule is CC(=O)c1c(C)nsc1Nc1ccc(C)c(N(C)C)c1. The van der Waals surface area contributed by atoms with Crippen LogP contribution in [0.5, 0.6) is 0 Å². The topological polar surface area (TPSA) is 45.2 Å².